The minimum Gasteiger partial charge on any atom is -0.497 e. The first-order chi connectivity index (χ1) is 14.6. The van der Waals surface area contributed by atoms with Crippen molar-refractivity contribution in [2.45, 2.75) is 6.92 Å². The van der Waals surface area contributed by atoms with E-state index in [0.29, 0.717) is 0 Å². The molecule has 0 saturated carbocycles. The normalized spacial score (nSPS) is 10.5. The van der Waals surface area contributed by atoms with Gasteiger partial charge in [-0.3, -0.25) is 4.79 Å². The summed E-state index contributed by atoms with van der Waals surface area (Å²) in [6, 6.07) is 23.7. The zero-order chi connectivity index (χ0) is 21.3. The third kappa shape index (κ3) is 5.61. The summed E-state index contributed by atoms with van der Waals surface area (Å²) in [5.41, 5.74) is 5.10. The van der Waals surface area contributed by atoms with Crippen LogP contribution in [0.2, 0.25) is 0 Å². The van der Waals surface area contributed by atoms with Crippen molar-refractivity contribution in [3.63, 3.8) is 0 Å². The number of hydrogen-bond donors (Lipinski definition) is 1. The predicted molar refractivity (Wildman–Crippen MR) is 123 cm³/mol. The van der Waals surface area contributed by atoms with Crippen LogP contribution in [0.5, 0.6) is 11.5 Å². The van der Waals surface area contributed by atoms with Crippen molar-refractivity contribution in [3.8, 4) is 11.5 Å². The molecule has 0 saturated heterocycles. The smallest absolute Gasteiger partial charge is 0.221 e. The van der Waals surface area contributed by atoms with Crippen molar-refractivity contribution < 1.29 is 14.3 Å². The van der Waals surface area contributed by atoms with E-state index in [4.69, 9.17) is 9.47 Å². The second-order valence-corrected chi connectivity index (χ2v) is 6.70. The molecule has 0 aromatic heterocycles. The Bertz CT molecular complexity index is 982. The maximum atomic E-state index is 11.1. The van der Waals surface area contributed by atoms with Gasteiger partial charge in [0.2, 0.25) is 5.91 Å². The van der Waals surface area contributed by atoms with Gasteiger partial charge in [-0.1, -0.05) is 54.6 Å². The fourth-order valence-corrected chi connectivity index (χ4v) is 3.04. The Morgan fingerprint density at radius 1 is 0.767 bits per heavy atom. The third-order valence-corrected chi connectivity index (χ3v) is 4.58. The highest BCUT2D eigenvalue weighted by molar-refractivity contribution is 5.88. The summed E-state index contributed by atoms with van der Waals surface area (Å²) < 4.78 is 10.6. The van der Waals surface area contributed by atoms with Crippen LogP contribution < -0.4 is 14.8 Å². The van der Waals surface area contributed by atoms with Crippen molar-refractivity contribution in [1.29, 1.82) is 0 Å². The number of amides is 1. The maximum Gasteiger partial charge on any atom is 0.221 e. The van der Waals surface area contributed by atoms with Crippen LogP contribution >= 0.6 is 0 Å². The van der Waals surface area contributed by atoms with E-state index < -0.39 is 0 Å². The lowest BCUT2D eigenvalue weighted by Gasteiger charge is -2.10. The second kappa shape index (κ2) is 10.1. The van der Waals surface area contributed by atoms with Gasteiger partial charge in [-0.15, -0.1) is 0 Å². The number of hydrogen-bond acceptors (Lipinski definition) is 3. The SMILES string of the molecule is COc1ccc(C(=CC=Cc2ccc(NC(C)=O)cc2)c2ccc(OC)cc2)cc1. The van der Waals surface area contributed by atoms with Crippen LogP contribution in [0.15, 0.2) is 84.9 Å². The standard InChI is InChI=1S/C26H25NO3/c1-19(28)27-23-13-7-20(8-14-23)5-4-6-26(21-9-15-24(29-2)16-10-21)22-11-17-25(30-3)18-12-22/h4-18H,1-3H3,(H,27,28). The Hall–Kier alpha value is -3.79. The highest BCUT2D eigenvalue weighted by Crippen LogP contribution is 2.27. The first-order valence-corrected chi connectivity index (χ1v) is 9.64. The van der Waals surface area contributed by atoms with E-state index in [2.05, 4.69) is 11.4 Å². The van der Waals surface area contributed by atoms with Gasteiger partial charge in [0.15, 0.2) is 0 Å². The molecule has 4 nitrogen and oxygen atoms in total. The molecule has 0 unspecified atom stereocenters. The van der Waals surface area contributed by atoms with Gasteiger partial charge in [-0.05, 0) is 58.7 Å². The summed E-state index contributed by atoms with van der Waals surface area (Å²) >= 11 is 0. The zero-order valence-corrected chi connectivity index (χ0v) is 17.4. The number of anilines is 1. The van der Waals surface area contributed by atoms with Gasteiger partial charge < -0.3 is 14.8 Å². The van der Waals surface area contributed by atoms with Gasteiger partial charge >= 0.3 is 0 Å². The first-order valence-electron chi connectivity index (χ1n) is 9.64. The second-order valence-electron chi connectivity index (χ2n) is 6.70. The molecule has 1 N–H and O–H groups in total. The summed E-state index contributed by atoms with van der Waals surface area (Å²) in [6.07, 6.45) is 6.15. The van der Waals surface area contributed by atoms with E-state index >= 15 is 0 Å². The van der Waals surface area contributed by atoms with Crippen molar-refractivity contribution in [2.24, 2.45) is 0 Å². The third-order valence-electron chi connectivity index (χ3n) is 4.58. The summed E-state index contributed by atoms with van der Waals surface area (Å²) in [5.74, 6) is 1.56. The van der Waals surface area contributed by atoms with Crippen LogP contribution in [-0.4, -0.2) is 20.1 Å². The van der Waals surface area contributed by atoms with E-state index in [1.165, 1.54) is 6.92 Å². The van der Waals surface area contributed by atoms with Crippen LogP contribution in [0, 0.1) is 0 Å². The summed E-state index contributed by atoms with van der Waals surface area (Å²) in [7, 11) is 3.32. The summed E-state index contributed by atoms with van der Waals surface area (Å²) in [6.45, 7) is 1.50. The van der Waals surface area contributed by atoms with Gasteiger partial charge in [-0.2, -0.15) is 0 Å². The molecule has 0 aliphatic carbocycles. The average molecular weight is 399 g/mol. The van der Waals surface area contributed by atoms with E-state index in [-0.39, 0.29) is 5.91 Å². The largest absolute Gasteiger partial charge is 0.497 e. The van der Waals surface area contributed by atoms with Gasteiger partial charge in [0.05, 0.1) is 14.2 Å². The number of benzene rings is 3. The quantitative estimate of drug-likeness (QED) is 0.510. The molecule has 0 bridgehead atoms. The van der Waals surface area contributed by atoms with Gasteiger partial charge in [0.25, 0.3) is 0 Å². The van der Waals surface area contributed by atoms with E-state index in [0.717, 1.165) is 39.4 Å². The van der Waals surface area contributed by atoms with E-state index in [1.54, 1.807) is 14.2 Å². The molecule has 3 aromatic carbocycles. The topological polar surface area (TPSA) is 47.6 Å². The molecule has 1 amide bonds. The summed E-state index contributed by atoms with van der Waals surface area (Å²) in [5, 5.41) is 2.77. The highest BCUT2D eigenvalue weighted by Gasteiger charge is 2.05. The Morgan fingerprint density at radius 2 is 1.27 bits per heavy atom. The Labute approximate surface area is 177 Å². The number of rotatable bonds is 7. The van der Waals surface area contributed by atoms with Crippen LogP contribution in [0.25, 0.3) is 11.6 Å². The highest BCUT2D eigenvalue weighted by atomic mass is 16.5. The molecule has 30 heavy (non-hydrogen) atoms. The fraction of sp³-hybridized carbons (Fsp3) is 0.115. The average Bonchev–Trinajstić information content (AvgIpc) is 2.78. The van der Waals surface area contributed by atoms with E-state index in [1.807, 2.05) is 84.9 Å². The van der Waals surface area contributed by atoms with Crippen LogP contribution in [0.4, 0.5) is 5.69 Å². The number of ether oxygens (including phenoxy) is 2. The molecule has 152 valence electrons. The molecule has 0 atom stereocenters. The lowest BCUT2D eigenvalue weighted by molar-refractivity contribution is -0.114. The zero-order valence-electron chi connectivity index (χ0n) is 17.4. The molecule has 0 spiro atoms. The Kier molecular flexibility index (Phi) is 7.06. The molecule has 0 heterocycles. The predicted octanol–water partition coefficient (Wildman–Crippen LogP) is 5.81. The molecule has 0 fully saturated rings. The fourth-order valence-electron chi connectivity index (χ4n) is 3.04. The molecule has 0 aliphatic rings. The van der Waals surface area contributed by atoms with Crippen molar-refractivity contribution >= 4 is 23.2 Å². The molecular formula is C26H25NO3. The number of allylic oxidation sites excluding steroid dienone is 2. The molecule has 3 rings (SSSR count). The minimum absolute atomic E-state index is 0.0788. The lowest BCUT2D eigenvalue weighted by Crippen LogP contribution is -2.05. The molecule has 0 aliphatic heterocycles. The number of nitrogens with one attached hydrogen (secondary N) is 1. The monoisotopic (exact) mass is 399 g/mol. The molecule has 0 radical (unpaired) electrons. The Morgan fingerprint density at radius 3 is 1.70 bits per heavy atom. The molecule has 4 heteroatoms. The van der Waals surface area contributed by atoms with Crippen LogP contribution in [0.3, 0.4) is 0 Å². The van der Waals surface area contributed by atoms with Crippen molar-refractivity contribution in [2.75, 3.05) is 19.5 Å². The van der Waals surface area contributed by atoms with Crippen LogP contribution in [0.1, 0.15) is 23.6 Å². The molecule has 3 aromatic rings. The van der Waals surface area contributed by atoms with Crippen molar-refractivity contribution in [3.05, 3.63) is 102 Å². The Balaban J connectivity index is 1.89. The van der Waals surface area contributed by atoms with Crippen LogP contribution in [-0.2, 0) is 4.79 Å². The van der Waals surface area contributed by atoms with Gasteiger partial charge in [-0.25, -0.2) is 0 Å². The van der Waals surface area contributed by atoms with Gasteiger partial charge in [0, 0.05) is 12.6 Å². The van der Waals surface area contributed by atoms with Crippen molar-refractivity contribution in [1.82, 2.24) is 0 Å². The first kappa shape index (κ1) is 20.9. The van der Waals surface area contributed by atoms with E-state index in [9.17, 15) is 4.79 Å². The maximum absolute atomic E-state index is 11.1. The summed E-state index contributed by atoms with van der Waals surface area (Å²) in [4.78, 5) is 11.1. The molecular weight excluding hydrogens is 374 g/mol. The number of carbonyl (C=O) groups is 1. The van der Waals surface area contributed by atoms with Gasteiger partial charge in [0.1, 0.15) is 11.5 Å². The minimum atomic E-state index is -0.0788. The number of carbonyl (C=O) groups excluding carboxylic acids is 1. The lowest BCUT2D eigenvalue weighted by atomic mass is 9.97. The number of methoxy groups -OCH3 is 2.